The number of methoxy groups -OCH3 is 1. The SMILES string of the molecule is COc1ccc(-c2cc(NC(O)C(C)C)n3nccc3n2)cc1. The van der Waals surface area contributed by atoms with E-state index in [0.717, 1.165) is 22.7 Å². The molecular weight excluding hydrogens is 292 g/mol. The first-order valence-corrected chi connectivity index (χ1v) is 7.52. The van der Waals surface area contributed by atoms with Gasteiger partial charge in [-0.3, -0.25) is 0 Å². The number of aliphatic hydroxyl groups excluding tert-OH is 1. The Bertz CT molecular complexity index is 796. The van der Waals surface area contributed by atoms with Gasteiger partial charge in [0.25, 0.3) is 0 Å². The van der Waals surface area contributed by atoms with E-state index >= 15 is 0 Å². The van der Waals surface area contributed by atoms with Crippen LogP contribution in [0.3, 0.4) is 0 Å². The summed E-state index contributed by atoms with van der Waals surface area (Å²) < 4.78 is 6.86. The van der Waals surface area contributed by atoms with Gasteiger partial charge in [0.15, 0.2) is 5.65 Å². The number of nitrogens with one attached hydrogen (secondary N) is 1. The molecule has 2 heterocycles. The Morgan fingerprint density at radius 2 is 1.91 bits per heavy atom. The normalized spacial score (nSPS) is 12.6. The first-order valence-electron chi connectivity index (χ1n) is 7.52. The van der Waals surface area contributed by atoms with E-state index in [2.05, 4.69) is 15.4 Å². The first-order chi connectivity index (χ1) is 11.1. The minimum Gasteiger partial charge on any atom is -0.497 e. The lowest BCUT2D eigenvalue weighted by Crippen LogP contribution is -2.26. The van der Waals surface area contributed by atoms with Crippen LogP contribution in [0.15, 0.2) is 42.6 Å². The van der Waals surface area contributed by atoms with Crippen molar-refractivity contribution in [2.24, 2.45) is 5.92 Å². The molecule has 0 spiro atoms. The minimum absolute atomic E-state index is 0.0817. The Balaban J connectivity index is 2.03. The van der Waals surface area contributed by atoms with Crippen molar-refractivity contribution in [3.05, 3.63) is 42.6 Å². The van der Waals surface area contributed by atoms with Crippen LogP contribution in [0.2, 0.25) is 0 Å². The third kappa shape index (κ3) is 3.12. The maximum absolute atomic E-state index is 10.1. The molecule has 1 atom stereocenters. The molecule has 0 radical (unpaired) electrons. The minimum atomic E-state index is -0.659. The zero-order chi connectivity index (χ0) is 16.4. The lowest BCUT2D eigenvalue weighted by atomic mass is 10.1. The van der Waals surface area contributed by atoms with Crippen LogP contribution in [0, 0.1) is 5.92 Å². The molecule has 2 aromatic heterocycles. The van der Waals surface area contributed by atoms with Crippen LogP contribution in [0.1, 0.15) is 13.8 Å². The topological polar surface area (TPSA) is 71.7 Å². The maximum Gasteiger partial charge on any atom is 0.157 e. The van der Waals surface area contributed by atoms with Crippen molar-refractivity contribution in [3.63, 3.8) is 0 Å². The summed E-state index contributed by atoms with van der Waals surface area (Å²) in [6.07, 6.45) is 1.03. The van der Waals surface area contributed by atoms with E-state index in [4.69, 9.17) is 4.74 Å². The van der Waals surface area contributed by atoms with Gasteiger partial charge in [0, 0.05) is 17.7 Å². The number of fused-ring (bicyclic) bond motifs is 1. The van der Waals surface area contributed by atoms with Crippen molar-refractivity contribution >= 4 is 11.5 Å². The highest BCUT2D eigenvalue weighted by Gasteiger charge is 2.13. The lowest BCUT2D eigenvalue weighted by Gasteiger charge is -2.18. The summed E-state index contributed by atoms with van der Waals surface area (Å²) in [7, 11) is 1.64. The predicted molar refractivity (Wildman–Crippen MR) is 89.4 cm³/mol. The molecule has 0 bridgehead atoms. The van der Waals surface area contributed by atoms with Gasteiger partial charge >= 0.3 is 0 Å². The van der Waals surface area contributed by atoms with Gasteiger partial charge in [-0.1, -0.05) is 13.8 Å². The fourth-order valence-corrected chi connectivity index (χ4v) is 2.24. The highest BCUT2D eigenvalue weighted by atomic mass is 16.5. The highest BCUT2D eigenvalue weighted by Crippen LogP contribution is 2.24. The van der Waals surface area contributed by atoms with Crippen LogP contribution in [0.5, 0.6) is 5.75 Å². The van der Waals surface area contributed by atoms with Crippen LogP contribution in [-0.2, 0) is 0 Å². The van der Waals surface area contributed by atoms with Crippen LogP contribution in [0.25, 0.3) is 16.9 Å². The lowest BCUT2D eigenvalue weighted by molar-refractivity contribution is 0.152. The monoisotopic (exact) mass is 312 g/mol. The molecule has 23 heavy (non-hydrogen) atoms. The van der Waals surface area contributed by atoms with Gasteiger partial charge in [-0.05, 0) is 30.2 Å². The Kier molecular flexibility index (Phi) is 4.16. The van der Waals surface area contributed by atoms with Crippen LogP contribution in [-0.4, -0.2) is 33.0 Å². The van der Waals surface area contributed by atoms with E-state index in [1.54, 1.807) is 17.8 Å². The molecule has 2 N–H and O–H groups in total. The smallest absolute Gasteiger partial charge is 0.157 e. The molecule has 1 unspecified atom stereocenters. The second-order valence-electron chi connectivity index (χ2n) is 5.69. The van der Waals surface area contributed by atoms with E-state index < -0.39 is 6.23 Å². The molecule has 0 aliphatic heterocycles. The molecule has 0 aliphatic carbocycles. The Labute approximate surface area is 134 Å². The Hall–Kier alpha value is -2.60. The summed E-state index contributed by atoms with van der Waals surface area (Å²) in [6, 6.07) is 11.4. The van der Waals surface area contributed by atoms with E-state index in [9.17, 15) is 5.11 Å². The van der Waals surface area contributed by atoms with E-state index in [1.165, 1.54) is 0 Å². The second-order valence-corrected chi connectivity index (χ2v) is 5.69. The van der Waals surface area contributed by atoms with Gasteiger partial charge in [0.05, 0.1) is 19.0 Å². The average Bonchev–Trinajstić information content (AvgIpc) is 3.03. The van der Waals surface area contributed by atoms with E-state index in [0.29, 0.717) is 5.82 Å². The molecule has 3 aromatic rings. The number of aromatic nitrogens is 3. The molecule has 0 saturated heterocycles. The molecule has 3 rings (SSSR count). The third-order valence-electron chi connectivity index (χ3n) is 3.67. The van der Waals surface area contributed by atoms with Gasteiger partial charge in [-0.25, -0.2) is 4.98 Å². The van der Waals surface area contributed by atoms with Crippen molar-refractivity contribution in [3.8, 4) is 17.0 Å². The molecule has 6 heteroatoms. The van der Waals surface area contributed by atoms with Gasteiger partial charge < -0.3 is 15.2 Å². The third-order valence-corrected chi connectivity index (χ3v) is 3.67. The van der Waals surface area contributed by atoms with E-state index in [-0.39, 0.29) is 5.92 Å². The van der Waals surface area contributed by atoms with Gasteiger partial charge in [-0.2, -0.15) is 9.61 Å². The second kappa shape index (κ2) is 6.26. The standard InChI is InChI=1S/C17H20N4O2/c1-11(2)17(22)20-16-10-14(19-15-8-9-18-21(15)16)12-4-6-13(23-3)7-5-12/h4-11,17,20,22H,1-3H3. The molecular formula is C17H20N4O2. The predicted octanol–water partition coefficient (Wildman–Crippen LogP) is 2.79. The summed E-state index contributed by atoms with van der Waals surface area (Å²) in [5.74, 6) is 1.58. The van der Waals surface area contributed by atoms with Crippen molar-refractivity contribution in [2.45, 2.75) is 20.1 Å². The Morgan fingerprint density at radius 3 is 2.57 bits per heavy atom. The zero-order valence-electron chi connectivity index (χ0n) is 13.4. The fraction of sp³-hybridized carbons (Fsp3) is 0.294. The average molecular weight is 312 g/mol. The number of aliphatic hydroxyl groups is 1. The largest absolute Gasteiger partial charge is 0.497 e. The number of nitrogens with zero attached hydrogens (tertiary/aromatic N) is 3. The molecule has 0 fully saturated rings. The summed E-state index contributed by atoms with van der Waals surface area (Å²) >= 11 is 0. The molecule has 0 aliphatic rings. The number of benzene rings is 1. The molecule has 120 valence electrons. The van der Waals surface area contributed by atoms with Crippen molar-refractivity contribution in [1.82, 2.24) is 14.6 Å². The molecule has 0 saturated carbocycles. The summed E-state index contributed by atoms with van der Waals surface area (Å²) in [5, 5.41) is 17.5. The molecule has 0 amide bonds. The number of hydrogen-bond donors (Lipinski definition) is 2. The van der Waals surface area contributed by atoms with Crippen LogP contribution >= 0.6 is 0 Å². The number of anilines is 1. The molecule has 6 nitrogen and oxygen atoms in total. The van der Waals surface area contributed by atoms with Crippen molar-refractivity contribution < 1.29 is 9.84 Å². The number of ether oxygens (including phenoxy) is 1. The number of rotatable bonds is 5. The van der Waals surface area contributed by atoms with Crippen LogP contribution in [0.4, 0.5) is 5.82 Å². The number of hydrogen-bond acceptors (Lipinski definition) is 5. The quantitative estimate of drug-likeness (QED) is 0.709. The summed E-state index contributed by atoms with van der Waals surface area (Å²) in [5.41, 5.74) is 2.49. The van der Waals surface area contributed by atoms with Crippen LogP contribution < -0.4 is 10.1 Å². The summed E-state index contributed by atoms with van der Waals surface area (Å²) in [4.78, 5) is 4.61. The Morgan fingerprint density at radius 1 is 1.17 bits per heavy atom. The van der Waals surface area contributed by atoms with Crippen molar-refractivity contribution in [2.75, 3.05) is 12.4 Å². The highest BCUT2D eigenvalue weighted by molar-refractivity contribution is 5.67. The van der Waals surface area contributed by atoms with Gasteiger partial charge in [0.1, 0.15) is 17.8 Å². The maximum atomic E-state index is 10.1. The first kappa shape index (κ1) is 15.3. The van der Waals surface area contributed by atoms with E-state index in [1.807, 2.05) is 50.2 Å². The van der Waals surface area contributed by atoms with Crippen molar-refractivity contribution in [1.29, 1.82) is 0 Å². The fourth-order valence-electron chi connectivity index (χ4n) is 2.24. The molecule has 1 aromatic carbocycles. The zero-order valence-corrected chi connectivity index (χ0v) is 13.4. The van der Waals surface area contributed by atoms with Gasteiger partial charge in [-0.15, -0.1) is 0 Å². The summed E-state index contributed by atoms with van der Waals surface area (Å²) in [6.45, 7) is 3.90. The van der Waals surface area contributed by atoms with Gasteiger partial charge in [0.2, 0.25) is 0 Å².